The molecule has 45 heavy (non-hydrogen) atoms. The summed E-state index contributed by atoms with van der Waals surface area (Å²) in [5.41, 5.74) is -0.0400. The lowest BCUT2D eigenvalue weighted by atomic mass is 10.2. The van der Waals surface area contributed by atoms with Gasteiger partial charge in [0, 0.05) is 53.4 Å². The highest BCUT2D eigenvalue weighted by Gasteiger charge is 2.82. The van der Waals surface area contributed by atoms with E-state index < -0.39 is 76.4 Å². The highest BCUT2D eigenvalue weighted by Crippen LogP contribution is 2.54. The summed E-state index contributed by atoms with van der Waals surface area (Å²) in [5, 5.41) is 0. The molecule has 0 radical (unpaired) electrons. The molecule has 0 aromatic heterocycles. The number of rotatable bonds is 13. The van der Waals surface area contributed by atoms with Crippen LogP contribution in [0.1, 0.15) is 75.2 Å². The van der Waals surface area contributed by atoms with E-state index in [-0.39, 0.29) is 12.1 Å². The molecule has 6 heterocycles. The van der Waals surface area contributed by atoms with Gasteiger partial charge in [0.15, 0.2) is 0 Å². The zero-order chi connectivity index (χ0) is 33.0. The molecular weight excluding hydrogens is 725 g/mol. The van der Waals surface area contributed by atoms with E-state index in [2.05, 4.69) is 6.58 Å². The minimum atomic E-state index is -3.99. The molecule has 6 aliphatic heterocycles. The van der Waals surface area contributed by atoms with Crippen molar-refractivity contribution in [2.24, 2.45) is 0 Å². The average molecular weight is 775 g/mol. The number of hydrogen-bond acceptors (Lipinski definition) is 14. The van der Waals surface area contributed by atoms with Crippen molar-refractivity contribution in [3.63, 3.8) is 0 Å². The van der Waals surface area contributed by atoms with Crippen LogP contribution in [0.3, 0.4) is 0 Å². The Hall–Kier alpha value is 0.465. The minimum absolute atomic E-state index is 0.108. The summed E-state index contributed by atoms with van der Waals surface area (Å²) >= 11 is 0. The van der Waals surface area contributed by atoms with E-state index in [1.807, 2.05) is 55.4 Å². The third kappa shape index (κ3) is 6.45. The Labute approximate surface area is 276 Å². The van der Waals surface area contributed by atoms with Crippen LogP contribution in [0.15, 0.2) is 12.2 Å². The van der Waals surface area contributed by atoms with Crippen LogP contribution in [0.4, 0.5) is 0 Å². The molecule has 0 N–H and O–H groups in total. The van der Waals surface area contributed by atoms with Crippen LogP contribution in [0, 0.1) is 0 Å². The van der Waals surface area contributed by atoms with Crippen molar-refractivity contribution < 1.29 is 58.9 Å². The molecular formula is C23H50O14Si8. The third-order valence-corrected chi connectivity index (χ3v) is 46.1. The van der Waals surface area contributed by atoms with Crippen LogP contribution in [-0.4, -0.2) is 83.0 Å². The van der Waals surface area contributed by atoms with Gasteiger partial charge in [-0.15, -0.1) is 0 Å². The molecule has 0 aromatic carbocycles. The monoisotopic (exact) mass is 774 g/mol. The summed E-state index contributed by atoms with van der Waals surface area (Å²) in [7, 11) is -30.1. The number of hydrogen-bond donors (Lipinski definition) is 0. The van der Waals surface area contributed by atoms with E-state index in [0.29, 0.717) is 60.7 Å². The smallest absolute Gasteiger partial charge is 0.462 e. The van der Waals surface area contributed by atoms with Crippen LogP contribution < -0.4 is 0 Å². The van der Waals surface area contributed by atoms with Crippen LogP contribution in [0.25, 0.3) is 0 Å². The predicted octanol–water partition coefficient (Wildman–Crippen LogP) is 5.19. The molecule has 6 aliphatic rings. The molecule has 14 nitrogen and oxygen atoms in total. The van der Waals surface area contributed by atoms with Gasteiger partial charge in [-0.05, 0) is 19.8 Å². The Kier molecular flexibility index (Phi) is 10.6. The van der Waals surface area contributed by atoms with Gasteiger partial charge in [0.2, 0.25) is 0 Å². The molecule has 0 saturated carbocycles. The fourth-order valence-electron chi connectivity index (χ4n) is 6.10. The van der Waals surface area contributed by atoms with Crippen molar-refractivity contribution in [2.75, 3.05) is 6.61 Å². The normalized spacial score (nSPS) is 46.1. The zero-order valence-electron chi connectivity index (χ0n) is 28.1. The van der Waals surface area contributed by atoms with Crippen molar-refractivity contribution in [2.45, 2.75) is 123 Å². The van der Waals surface area contributed by atoms with Crippen molar-refractivity contribution in [3.05, 3.63) is 12.2 Å². The maximum absolute atomic E-state index is 12.3. The molecule has 1 atom stereocenters. The van der Waals surface area contributed by atoms with Gasteiger partial charge in [-0.3, -0.25) is 0 Å². The largest absolute Gasteiger partial charge is 0.482 e. The first kappa shape index (κ1) is 36.7. The van der Waals surface area contributed by atoms with Gasteiger partial charge in [0.05, 0.1) is 6.61 Å². The molecule has 258 valence electrons. The first-order valence-electron chi connectivity index (χ1n) is 16.4. The van der Waals surface area contributed by atoms with Crippen molar-refractivity contribution in [1.82, 2.24) is 0 Å². The molecule has 6 rings (SSSR count). The van der Waals surface area contributed by atoms with Crippen molar-refractivity contribution >= 4 is 76.4 Å². The Morgan fingerprint density at radius 2 is 0.800 bits per heavy atom. The van der Waals surface area contributed by atoms with Crippen LogP contribution >= 0.6 is 0 Å². The summed E-state index contributed by atoms with van der Waals surface area (Å²) in [5.74, 6) is -0.462. The summed E-state index contributed by atoms with van der Waals surface area (Å²) in [4.78, 5) is 12.3. The number of ether oxygens (including phenoxy) is 1. The average Bonchev–Trinajstić information content (AvgIpc) is 2.98. The Morgan fingerprint density at radius 1 is 0.533 bits per heavy atom. The van der Waals surface area contributed by atoms with Gasteiger partial charge in [-0.2, -0.15) is 0 Å². The van der Waals surface area contributed by atoms with Crippen LogP contribution in [0.2, 0.25) is 47.8 Å². The fraction of sp³-hybridized carbons (Fsp3) is 0.870. The van der Waals surface area contributed by atoms with Gasteiger partial charge in [-0.25, -0.2) is 4.79 Å². The lowest BCUT2D eigenvalue weighted by Gasteiger charge is -2.63. The van der Waals surface area contributed by atoms with Crippen LogP contribution in [-0.2, 0) is 58.9 Å². The summed E-state index contributed by atoms with van der Waals surface area (Å²) < 4.78 is 92.0. The molecule has 6 saturated heterocycles. The third-order valence-electron chi connectivity index (χ3n) is 8.76. The van der Waals surface area contributed by atoms with Crippen molar-refractivity contribution in [1.29, 1.82) is 0 Å². The predicted molar refractivity (Wildman–Crippen MR) is 177 cm³/mol. The summed E-state index contributed by atoms with van der Waals surface area (Å²) in [6.07, 6.45) is 0.961. The molecule has 8 bridgehead atoms. The highest BCUT2D eigenvalue weighted by molar-refractivity contribution is 7.03. The minimum Gasteiger partial charge on any atom is -0.462 e. The van der Waals surface area contributed by atoms with Crippen LogP contribution in [0.5, 0.6) is 0 Å². The van der Waals surface area contributed by atoms with Gasteiger partial charge >= 0.3 is 76.4 Å². The second-order valence-corrected chi connectivity index (χ2v) is 38.2. The SMILES string of the molecule is C=C(C)C(=O)OCCC(CC)[Si]12O[Si]3(CC)O[Si]4(CC)O[Si]5(CC)O[Si](CC)(O3)O[Si](CC)(O[Si](CC)(O5)O[Si](CC)(O4)O1)O2. The molecule has 1 unspecified atom stereocenters. The molecule has 0 spiro atoms. The molecule has 6 fully saturated rings. The van der Waals surface area contributed by atoms with Gasteiger partial charge in [-0.1, -0.05) is 62.0 Å². The summed E-state index contributed by atoms with van der Waals surface area (Å²) in [6.45, 7) is 21.2. The van der Waals surface area contributed by atoms with E-state index in [1.165, 1.54) is 0 Å². The second-order valence-electron chi connectivity index (χ2n) is 11.9. The van der Waals surface area contributed by atoms with E-state index >= 15 is 0 Å². The lowest BCUT2D eigenvalue weighted by Crippen LogP contribution is -2.88. The molecule has 0 aliphatic carbocycles. The number of carbonyl (C=O) groups excluding carboxylic acids is 1. The lowest BCUT2D eigenvalue weighted by molar-refractivity contribution is -0.139. The zero-order valence-corrected chi connectivity index (χ0v) is 36.1. The van der Waals surface area contributed by atoms with E-state index in [4.69, 9.17) is 54.1 Å². The summed E-state index contributed by atoms with van der Waals surface area (Å²) in [6, 6.07) is 2.73. The maximum Gasteiger partial charge on any atom is 0.482 e. The number of esters is 1. The Balaban J connectivity index is 1.78. The topological polar surface area (TPSA) is 137 Å². The van der Waals surface area contributed by atoms with E-state index in [0.717, 1.165) is 0 Å². The first-order chi connectivity index (χ1) is 21.2. The Bertz CT molecular complexity index is 1030. The quantitative estimate of drug-likeness (QED) is 0.138. The first-order valence-corrected chi connectivity index (χ1v) is 31.8. The van der Waals surface area contributed by atoms with Gasteiger partial charge < -0.3 is 54.1 Å². The fourth-order valence-corrected chi connectivity index (χ4v) is 56.5. The van der Waals surface area contributed by atoms with E-state index in [9.17, 15) is 4.79 Å². The van der Waals surface area contributed by atoms with Crippen molar-refractivity contribution in [3.8, 4) is 0 Å². The standard InChI is InChI=1S/C23H50O14Si8/c1-11-22(19-20-25-23(24)21(9)10)45-35-42(16-6)29-39(13-3)26-38(12-2)27-40(14-4,31-42)33-44(18-8,37-45)34-41(15-5,28-38)32-43(17-7,30-39)36-45/h22H,9,11-20H2,1-8,10H3. The Morgan fingerprint density at radius 3 is 1.02 bits per heavy atom. The van der Waals surface area contributed by atoms with E-state index in [1.54, 1.807) is 6.92 Å². The van der Waals surface area contributed by atoms with Gasteiger partial charge in [0.25, 0.3) is 0 Å². The maximum atomic E-state index is 12.3. The molecule has 0 aromatic rings. The second kappa shape index (κ2) is 13.0. The highest BCUT2D eigenvalue weighted by atomic mass is 28.6. The van der Waals surface area contributed by atoms with Gasteiger partial charge in [0.1, 0.15) is 0 Å². The number of carbonyl (C=O) groups is 1. The molecule has 0 amide bonds. The molecule has 22 heteroatoms.